The quantitative estimate of drug-likeness (QED) is 0.144. The van der Waals surface area contributed by atoms with Gasteiger partial charge in [0.1, 0.15) is 6.10 Å². The van der Waals surface area contributed by atoms with Crippen LogP contribution < -0.4 is 0 Å². The van der Waals surface area contributed by atoms with E-state index in [4.69, 9.17) is 4.74 Å². The maximum atomic E-state index is 12.7. The monoisotopic (exact) mass is 439 g/mol. The molecule has 0 saturated heterocycles. The zero-order valence-electron chi connectivity index (χ0n) is 20.3. The number of rotatable bonds is 12. The van der Waals surface area contributed by atoms with Gasteiger partial charge in [-0.15, -0.1) is 0 Å². The highest BCUT2D eigenvalue weighted by molar-refractivity contribution is 5.90. The summed E-state index contributed by atoms with van der Waals surface area (Å²) in [6.45, 7) is 12.5. The minimum atomic E-state index is -0.553. The summed E-state index contributed by atoms with van der Waals surface area (Å²) < 4.78 is 5.75. The van der Waals surface area contributed by atoms with Crippen LogP contribution in [0.1, 0.15) is 84.0 Å². The van der Waals surface area contributed by atoms with Crippen molar-refractivity contribution in [1.82, 2.24) is 0 Å². The fourth-order valence-electron chi connectivity index (χ4n) is 3.10. The first-order chi connectivity index (χ1) is 15.1. The highest BCUT2D eigenvalue weighted by Gasteiger charge is 2.16. The fourth-order valence-corrected chi connectivity index (χ4v) is 3.10. The Kier molecular flexibility index (Phi) is 12.0. The maximum absolute atomic E-state index is 12.7. The number of nitro benzene ring substituents is 1. The number of esters is 1. The summed E-state index contributed by atoms with van der Waals surface area (Å²) in [6.07, 6.45) is 12.4. The first-order valence-corrected chi connectivity index (χ1v) is 11.1. The lowest BCUT2D eigenvalue weighted by molar-refractivity contribution is -0.384. The van der Waals surface area contributed by atoms with E-state index in [9.17, 15) is 14.9 Å². The predicted molar refractivity (Wildman–Crippen MR) is 132 cm³/mol. The molecular formula is C27H37NO4. The summed E-state index contributed by atoms with van der Waals surface area (Å²) in [5.74, 6) is -0.553. The number of benzene rings is 1. The molecule has 0 spiro atoms. The van der Waals surface area contributed by atoms with Crippen LogP contribution in [0.5, 0.6) is 0 Å². The Balaban J connectivity index is 2.96. The maximum Gasteiger partial charge on any atom is 0.338 e. The molecule has 1 atom stereocenters. The minimum absolute atomic E-state index is 0.126. The van der Waals surface area contributed by atoms with Crippen molar-refractivity contribution in [2.75, 3.05) is 0 Å². The van der Waals surface area contributed by atoms with Crippen LogP contribution in [0.25, 0.3) is 0 Å². The van der Waals surface area contributed by atoms with Crippen molar-refractivity contribution in [2.24, 2.45) is 0 Å². The summed E-state index contributed by atoms with van der Waals surface area (Å²) in [5.41, 5.74) is 5.03. The Morgan fingerprint density at radius 3 is 2.12 bits per heavy atom. The van der Waals surface area contributed by atoms with Gasteiger partial charge in [0.2, 0.25) is 0 Å². The number of ether oxygens (including phenoxy) is 1. The number of carbonyl (C=O) groups excluding carboxylic acids is 1. The van der Waals surface area contributed by atoms with Gasteiger partial charge in [-0.2, -0.15) is 0 Å². The average Bonchev–Trinajstić information content (AvgIpc) is 2.71. The molecule has 0 N–H and O–H groups in total. The van der Waals surface area contributed by atoms with Crippen LogP contribution in [0.3, 0.4) is 0 Å². The van der Waals surface area contributed by atoms with Crippen LogP contribution in [0.2, 0.25) is 0 Å². The van der Waals surface area contributed by atoms with Crippen LogP contribution >= 0.6 is 0 Å². The molecule has 0 aliphatic heterocycles. The van der Waals surface area contributed by atoms with E-state index in [1.807, 2.05) is 13.0 Å². The molecule has 1 rings (SSSR count). The van der Waals surface area contributed by atoms with E-state index >= 15 is 0 Å². The molecule has 0 bridgehead atoms. The van der Waals surface area contributed by atoms with Gasteiger partial charge in [-0.3, -0.25) is 10.1 Å². The normalized spacial score (nSPS) is 12.7. The smallest absolute Gasteiger partial charge is 0.338 e. The highest BCUT2D eigenvalue weighted by Crippen LogP contribution is 2.18. The number of nitrogens with zero attached hydrogens (tertiary/aromatic N) is 1. The molecule has 5 heteroatoms. The first-order valence-electron chi connectivity index (χ1n) is 11.1. The summed E-state index contributed by atoms with van der Waals surface area (Å²) >= 11 is 0. The summed E-state index contributed by atoms with van der Waals surface area (Å²) in [7, 11) is 0. The molecule has 0 heterocycles. The SMILES string of the molecule is CC(C)=CCC/C(C)=C/CC(/C=C(\C)CCC=C(C)C)OC(=O)c1cccc([N+](=O)[O-])c1. The van der Waals surface area contributed by atoms with Crippen LogP contribution in [-0.2, 0) is 4.74 Å². The Labute approximate surface area is 192 Å². The van der Waals surface area contributed by atoms with Crippen molar-refractivity contribution in [1.29, 1.82) is 0 Å². The van der Waals surface area contributed by atoms with Crippen molar-refractivity contribution < 1.29 is 14.5 Å². The van der Waals surface area contributed by atoms with Gasteiger partial charge in [-0.1, -0.05) is 46.6 Å². The van der Waals surface area contributed by atoms with E-state index in [1.54, 1.807) is 0 Å². The van der Waals surface area contributed by atoms with Crippen molar-refractivity contribution in [3.05, 3.63) is 86.5 Å². The Morgan fingerprint density at radius 1 is 0.969 bits per heavy atom. The summed E-state index contributed by atoms with van der Waals surface area (Å²) in [6, 6.07) is 5.65. The van der Waals surface area contributed by atoms with Crippen molar-refractivity contribution >= 4 is 11.7 Å². The van der Waals surface area contributed by atoms with E-state index in [0.29, 0.717) is 6.42 Å². The van der Waals surface area contributed by atoms with Crippen molar-refractivity contribution in [3.8, 4) is 0 Å². The topological polar surface area (TPSA) is 69.4 Å². The fraction of sp³-hybridized carbons (Fsp3) is 0.444. The van der Waals surface area contributed by atoms with E-state index in [2.05, 4.69) is 52.8 Å². The second-order valence-corrected chi connectivity index (χ2v) is 8.69. The molecule has 1 aromatic carbocycles. The van der Waals surface area contributed by atoms with Gasteiger partial charge in [0, 0.05) is 18.6 Å². The number of hydrogen-bond donors (Lipinski definition) is 0. The average molecular weight is 440 g/mol. The van der Waals surface area contributed by atoms with E-state index in [0.717, 1.165) is 31.3 Å². The van der Waals surface area contributed by atoms with Crippen LogP contribution in [0.4, 0.5) is 5.69 Å². The molecular weight excluding hydrogens is 402 g/mol. The van der Waals surface area contributed by atoms with E-state index < -0.39 is 17.0 Å². The van der Waals surface area contributed by atoms with E-state index in [-0.39, 0.29) is 11.3 Å². The molecule has 0 radical (unpaired) electrons. The molecule has 1 aromatic rings. The Hall–Kier alpha value is -2.95. The largest absolute Gasteiger partial charge is 0.454 e. The van der Waals surface area contributed by atoms with Gasteiger partial charge in [0.25, 0.3) is 5.69 Å². The molecule has 32 heavy (non-hydrogen) atoms. The minimum Gasteiger partial charge on any atom is -0.454 e. The van der Waals surface area contributed by atoms with Gasteiger partial charge in [0.05, 0.1) is 10.5 Å². The lowest BCUT2D eigenvalue weighted by atomic mass is 10.0. The third-order valence-electron chi connectivity index (χ3n) is 4.90. The predicted octanol–water partition coefficient (Wildman–Crippen LogP) is 7.90. The van der Waals surface area contributed by atoms with Gasteiger partial charge in [-0.25, -0.2) is 4.79 Å². The molecule has 0 aromatic heterocycles. The van der Waals surface area contributed by atoms with Gasteiger partial charge >= 0.3 is 5.97 Å². The zero-order chi connectivity index (χ0) is 24.1. The second-order valence-electron chi connectivity index (χ2n) is 8.69. The van der Waals surface area contributed by atoms with Gasteiger partial charge < -0.3 is 4.74 Å². The second kappa shape index (κ2) is 14.2. The summed E-state index contributed by atoms with van der Waals surface area (Å²) in [4.78, 5) is 23.2. The first kappa shape index (κ1) is 27.1. The van der Waals surface area contributed by atoms with Gasteiger partial charge in [-0.05, 0) is 79.4 Å². The summed E-state index contributed by atoms with van der Waals surface area (Å²) in [5, 5.41) is 11.0. The van der Waals surface area contributed by atoms with Crippen LogP contribution in [-0.4, -0.2) is 17.0 Å². The molecule has 5 nitrogen and oxygen atoms in total. The third-order valence-corrected chi connectivity index (χ3v) is 4.90. The number of non-ortho nitro benzene ring substituents is 1. The highest BCUT2D eigenvalue weighted by atomic mass is 16.6. The molecule has 0 aliphatic rings. The lowest BCUT2D eigenvalue weighted by Crippen LogP contribution is -2.16. The van der Waals surface area contributed by atoms with Crippen molar-refractivity contribution in [2.45, 2.75) is 79.8 Å². The number of carbonyl (C=O) groups is 1. The van der Waals surface area contributed by atoms with Crippen molar-refractivity contribution in [3.63, 3.8) is 0 Å². The Bertz CT molecular complexity index is 898. The van der Waals surface area contributed by atoms with E-state index in [1.165, 1.54) is 41.0 Å². The number of nitro groups is 1. The Morgan fingerprint density at radius 2 is 1.56 bits per heavy atom. The standard InChI is InChI=1S/C27H37NO4/c1-20(2)10-7-12-22(5)16-17-26(18-23(6)13-8-11-21(3)4)32-27(29)24-14-9-15-25(19-24)28(30)31/h9-11,14-16,18-19,26H,7-8,12-13,17H2,1-6H3/b22-16+,23-18+. The number of hydrogen-bond acceptors (Lipinski definition) is 4. The zero-order valence-corrected chi connectivity index (χ0v) is 20.3. The molecule has 0 aliphatic carbocycles. The van der Waals surface area contributed by atoms with Crippen LogP contribution in [0, 0.1) is 10.1 Å². The third kappa shape index (κ3) is 11.4. The van der Waals surface area contributed by atoms with Crippen LogP contribution in [0.15, 0.2) is 70.9 Å². The molecule has 1 unspecified atom stereocenters. The molecule has 174 valence electrons. The molecule has 0 fully saturated rings. The molecule has 0 amide bonds. The lowest BCUT2D eigenvalue weighted by Gasteiger charge is -2.15. The number of allylic oxidation sites excluding steroid dienone is 6. The van der Waals surface area contributed by atoms with Gasteiger partial charge in [0.15, 0.2) is 0 Å². The molecule has 0 saturated carbocycles.